The third kappa shape index (κ3) is 15.5. The second-order valence-electron chi connectivity index (χ2n) is 13.2. The maximum absolute atomic E-state index is 13.5. The number of fused-ring (bicyclic) bond motifs is 1. The zero-order chi connectivity index (χ0) is 39.5. The Bertz CT molecular complexity index is 1520. The average Bonchev–Trinajstić information content (AvgIpc) is 3.26. The number of rotatable bonds is 5. The Balaban J connectivity index is 0.000000458. The van der Waals surface area contributed by atoms with Crippen LogP contribution in [-0.2, 0) is 10.9 Å². The molecule has 0 N–H and O–H groups in total. The molecule has 0 spiro atoms. The van der Waals surface area contributed by atoms with E-state index in [1.54, 1.807) is 26.8 Å². The van der Waals surface area contributed by atoms with Crippen molar-refractivity contribution in [2.24, 2.45) is 5.92 Å². The van der Waals surface area contributed by atoms with Crippen molar-refractivity contribution < 1.29 is 53.6 Å². The van der Waals surface area contributed by atoms with Crippen LogP contribution in [0.2, 0.25) is 0 Å². The van der Waals surface area contributed by atoms with Gasteiger partial charge in [0.1, 0.15) is 11.4 Å². The maximum Gasteiger partial charge on any atom is 0.416 e. The van der Waals surface area contributed by atoms with E-state index in [0.717, 1.165) is 42.3 Å². The summed E-state index contributed by atoms with van der Waals surface area (Å²) in [7, 11) is 0. The summed E-state index contributed by atoms with van der Waals surface area (Å²) in [6.45, 7) is 16.6. The predicted octanol–water partition coefficient (Wildman–Crippen LogP) is 12.4. The van der Waals surface area contributed by atoms with Gasteiger partial charge in [-0.2, -0.15) is 39.5 Å². The first-order valence-electron chi connectivity index (χ1n) is 16.4. The van der Waals surface area contributed by atoms with Crippen molar-refractivity contribution in [2.45, 2.75) is 124 Å². The molecule has 14 heteroatoms. The summed E-state index contributed by atoms with van der Waals surface area (Å²) in [4.78, 5) is 14.1. The Labute approximate surface area is 294 Å². The lowest BCUT2D eigenvalue weighted by Crippen LogP contribution is -2.37. The number of hydrogen-bond donors (Lipinski definition) is 0. The number of alkyl halides is 9. The van der Waals surface area contributed by atoms with Gasteiger partial charge >= 0.3 is 24.6 Å². The van der Waals surface area contributed by atoms with Gasteiger partial charge in [0.25, 0.3) is 0 Å². The zero-order valence-corrected chi connectivity index (χ0v) is 30.4. The molecule has 286 valence electrons. The SMILES string of the molecule is C#C/C(=C\C(=C/CC(F)(F)F)C(F)(F)F)CC.CC[C@@H](C)C1CCCN(C(=O)OC(C)(C)C)c2cc(C(F)(F)F)c(C)cc21.Cc1cc(C)on1. The predicted molar refractivity (Wildman–Crippen MR) is 179 cm³/mol. The Kier molecular flexibility index (Phi) is 16.4. The van der Waals surface area contributed by atoms with Crippen LogP contribution in [0.5, 0.6) is 0 Å². The van der Waals surface area contributed by atoms with Gasteiger partial charge < -0.3 is 9.26 Å². The van der Waals surface area contributed by atoms with Gasteiger partial charge in [0.15, 0.2) is 0 Å². The van der Waals surface area contributed by atoms with Crippen LogP contribution in [0.1, 0.15) is 108 Å². The van der Waals surface area contributed by atoms with Gasteiger partial charge in [-0.05, 0) is 95.9 Å². The lowest BCUT2D eigenvalue weighted by Gasteiger charge is -2.30. The number of amides is 1. The van der Waals surface area contributed by atoms with Crippen molar-refractivity contribution in [3.8, 4) is 12.3 Å². The molecule has 2 atom stereocenters. The topological polar surface area (TPSA) is 55.6 Å². The van der Waals surface area contributed by atoms with Crippen molar-refractivity contribution in [1.29, 1.82) is 0 Å². The van der Waals surface area contributed by atoms with E-state index in [2.05, 4.69) is 19.0 Å². The number of benzene rings is 1. The van der Waals surface area contributed by atoms with Crippen molar-refractivity contribution >= 4 is 11.8 Å². The first kappa shape index (κ1) is 45.1. The van der Waals surface area contributed by atoms with Crippen LogP contribution in [0.4, 0.5) is 50.0 Å². The minimum absolute atomic E-state index is 0.00394. The maximum atomic E-state index is 13.5. The van der Waals surface area contributed by atoms with E-state index in [0.29, 0.717) is 24.2 Å². The molecular formula is C37H47F9N2O3. The van der Waals surface area contributed by atoms with Crippen LogP contribution in [-0.4, -0.2) is 35.7 Å². The van der Waals surface area contributed by atoms with Gasteiger partial charge in [-0.1, -0.05) is 50.4 Å². The van der Waals surface area contributed by atoms with E-state index in [9.17, 15) is 44.3 Å². The molecule has 1 amide bonds. The highest BCUT2D eigenvalue weighted by Crippen LogP contribution is 2.44. The number of terminal acetylenes is 1. The molecule has 3 rings (SSSR count). The van der Waals surface area contributed by atoms with Crippen LogP contribution in [0, 0.1) is 39.0 Å². The van der Waals surface area contributed by atoms with E-state index in [1.807, 2.05) is 25.8 Å². The molecule has 0 aliphatic carbocycles. The van der Waals surface area contributed by atoms with Gasteiger partial charge in [-0.25, -0.2) is 4.79 Å². The number of halogens is 9. The van der Waals surface area contributed by atoms with E-state index < -0.39 is 47.8 Å². The molecule has 2 heterocycles. The highest BCUT2D eigenvalue weighted by atomic mass is 19.4. The molecule has 0 saturated carbocycles. The van der Waals surface area contributed by atoms with Crippen LogP contribution in [0.3, 0.4) is 0 Å². The summed E-state index contributed by atoms with van der Waals surface area (Å²) in [5.41, 5.74) is -0.488. The first-order valence-corrected chi connectivity index (χ1v) is 16.4. The lowest BCUT2D eigenvalue weighted by atomic mass is 9.81. The lowest BCUT2D eigenvalue weighted by molar-refractivity contribution is -0.138. The highest BCUT2D eigenvalue weighted by molar-refractivity contribution is 5.89. The minimum atomic E-state index is -4.84. The smallest absolute Gasteiger partial charge is 0.416 e. The van der Waals surface area contributed by atoms with Gasteiger partial charge in [-0.3, -0.25) is 4.90 Å². The number of nitrogens with zero attached hydrogens (tertiary/aromatic N) is 2. The Morgan fingerprint density at radius 2 is 1.67 bits per heavy atom. The van der Waals surface area contributed by atoms with Crippen LogP contribution in [0.25, 0.3) is 0 Å². The summed E-state index contributed by atoms with van der Waals surface area (Å²) in [5.74, 6) is 3.30. The van der Waals surface area contributed by atoms with Crippen LogP contribution in [0.15, 0.2) is 46.0 Å². The van der Waals surface area contributed by atoms with Gasteiger partial charge in [0.2, 0.25) is 0 Å². The van der Waals surface area contributed by atoms with Crippen molar-refractivity contribution in [3.05, 3.63) is 69.6 Å². The fraction of sp³-hybridized carbons (Fsp3) is 0.568. The summed E-state index contributed by atoms with van der Waals surface area (Å²) in [6.07, 6.45) is -8.00. The quantitative estimate of drug-likeness (QED) is 0.174. The number of aromatic nitrogens is 1. The third-order valence-electron chi connectivity index (χ3n) is 7.73. The summed E-state index contributed by atoms with van der Waals surface area (Å²) in [6, 6.07) is 4.65. The van der Waals surface area contributed by atoms with E-state index in [1.165, 1.54) is 18.7 Å². The van der Waals surface area contributed by atoms with E-state index in [-0.39, 0.29) is 29.6 Å². The number of carbonyl (C=O) groups is 1. The second-order valence-corrected chi connectivity index (χ2v) is 13.2. The summed E-state index contributed by atoms with van der Waals surface area (Å²) in [5, 5.41) is 3.64. The molecular weight excluding hydrogens is 691 g/mol. The number of anilines is 1. The number of ether oxygens (including phenoxy) is 1. The van der Waals surface area contributed by atoms with E-state index >= 15 is 0 Å². The monoisotopic (exact) mass is 738 g/mol. The minimum Gasteiger partial charge on any atom is -0.443 e. The molecule has 1 aliphatic rings. The summed E-state index contributed by atoms with van der Waals surface area (Å²) < 4.78 is 123. The molecule has 0 saturated heterocycles. The van der Waals surface area contributed by atoms with Gasteiger partial charge in [-0.15, -0.1) is 6.42 Å². The molecule has 0 radical (unpaired) electrons. The first-order chi connectivity index (χ1) is 23.2. The molecule has 51 heavy (non-hydrogen) atoms. The number of hydrogen-bond acceptors (Lipinski definition) is 4. The Hall–Kier alpha value is -3.89. The molecule has 2 aromatic rings. The molecule has 0 fully saturated rings. The van der Waals surface area contributed by atoms with Gasteiger partial charge in [0.05, 0.1) is 28.9 Å². The van der Waals surface area contributed by atoms with Crippen molar-refractivity contribution in [2.75, 3.05) is 11.4 Å². The third-order valence-corrected chi connectivity index (χ3v) is 7.73. The van der Waals surface area contributed by atoms with Crippen LogP contribution < -0.4 is 4.90 Å². The number of aryl methyl sites for hydroxylation is 3. The molecule has 1 unspecified atom stereocenters. The van der Waals surface area contributed by atoms with E-state index in [4.69, 9.17) is 15.7 Å². The largest absolute Gasteiger partial charge is 0.443 e. The average molecular weight is 739 g/mol. The number of allylic oxidation sites excluding steroid dienone is 4. The molecule has 1 aromatic heterocycles. The molecule has 5 nitrogen and oxygen atoms in total. The van der Waals surface area contributed by atoms with Crippen LogP contribution >= 0.6 is 0 Å². The fourth-order valence-corrected chi connectivity index (χ4v) is 5.09. The normalized spacial score (nSPS) is 16.4. The molecule has 1 aromatic carbocycles. The Morgan fingerprint density at radius 3 is 2.06 bits per heavy atom. The Morgan fingerprint density at radius 1 is 1.06 bits per heavy atom. The van der Waals surface area contributed by atoms with Crippen molar-refractivity contribution in [3.63, 3.8) is 0 Å². The number of carbonyl (C=O) groups excluding carboxylic acids is 1. The summed E-state index contributed by atoms with van der Waals surface area (Å²) >= 11 is 0. The molecule has 1 aliphatic heterocycles. The zero-order valence-electron chi connectivity index (χ0n) is 30.4. The fourth-order valence-electron chi connectivity index (χ4n) is 5.09. The molecule has 0 bridgehead atoms. The standard InChI is InChI=1S/C21H30F3NO2.C11H10F6.C5H7NO/c1-7-13(2)15-9-8-10-25(19(26)27-20(4,5)6)18-12-17(21(22,23)24)14(3)11-16(15)18;1-3-8(4-2)7-9(11(15,16)17)5-6-10(12,13)14;1-4-3-5(2)7-6-4/h11-13,15H,7-10H2,1-6H3;1,5,7H,4,6H2,2H3;3H,1-2H3/b;8-7+,9-5+;/t13-,15?;;/m1../s1. The van der Waals surface area contributed by atoms with Crippen molar-refractivity contribution in [1.82, 2.24) is 5.16 Å². The highest BCUT2D eigenvalue weighted by Gasteiger charge is 2.38. The second kappa shape index (κ2) is 18.6. The van der Waals surface area contributed by atoms with Gasteiger partial charge in [0, 0.05) is 18.2 Å².